The molecule has 2 N–H and O–H groups in total. The third-order valence-electron chi connectivity index (χ3n) is 3.95. The summed E-state index contributed by atoms with van der Waals surface area (Å²) in [6.45, 7) is 1.10. The molecule has 1 aromatic carbocycles. The molecule has 0 radical (unpaired) electrons. The lowest BCUT2D eigenvalue weighted by Gasteiger charge is -2.15. The molecule has 2 aromatic rings. The van der Waals surface area contributed by atoms with Crippen LogP contribution in [0, 0.1) is 0 Å². The summed E-state index contributed by atoms with van der Waals surface area (Å²) in [7, 11) is 0. The molecule has 0 saturated carbocycles. The molecule has 0 aliphatic rings. The van der Waals surface area contributed by atoms with Gasteiger partial charge in [-0.05, 0) is 49.9 Å². The molecule has 1 unspecified atom stereocenters. The Morgan fingerprint density at radius 1 is 0.931 bits per heavy atom. The highest BCUT2D eigenvalue weighted by atomic mass is 32.2. The molecule has 0 bridgehead atoms. The van der Waals surface area contributed by atoms with Crippen molar-refractivity contribution in [2.24, 2.45) is 0 Å². The van der Waals surface area contributed by atoms with Gasteiger partial charge in [0.15, 0.2) is 0 Å². The third-order valence-corrected chi connectivity index (χ3v) is 5.13. The van der Waals surface area contributed by atoms with Crippen LogP contribution in [0.1, 0.15) is 36.6 Å². The van der Waals surface area contributed by atoms with Crippen LogP contribution in [0.5, 0.6) is 11.5 Å². The fourth-order valence-corrected chi connectivity index (χ4v) is 3.38. The van der Waals surface area contributed by atoms with Gasteiger partial charge in [-0.3, -0.25) is 14.6 Å². The van der Waals surface area contributed by atoms with E-state index in [0.29, 0.717) is 19.0 Å². The van der Waals surface area contributed by atoms with E-state index in [-0.39, 0.29) is 11.4 Å². The number of thioether (sulfide) groups is 1. The van der Waals surface area contributed by atoms with Crippen molar-refractivity contribution < 1.29 is 29.3 Å². The van der Waals surface area contributed by atoms with Crippen LogP contribution in [0.15, 0.2) is 48.7 Å². The van der Waals surface area contributed by atoms with Crippen LogP contribution in [0.2, 0.25) is 0 Å². The quantitative estimate of drug-likeness (QED) is 0.442. The number of hydrogen-bond acceptors (Lipinski definition) is 6. The summed E-state index contributed by atoms with van der Waals surface area (Å²) in [6, 6.07) is 13.0. The molecule has 156 valence electrons. The Morgan fingerprint density at radius 2 is 1.62 bits per heavy atom. The molecule has 1 atom stereocenters. The van der Waals surface area contributed by atoms with Gasteiger partial charge in [-0.1, -0.05) is 18.2 Å². The van der Waals surface area contributed by atoms with Crippen molar-refractivity contribution >= 4 is 23.7 Å². The Morgan fingerprint density at radius 3 is 2.28 bits per heavy atom. The van der Waals surface area contributed by atoms with Crippen LogP contribution in [0.25, 0.3) is 0 Å². The smallest absolute Gasteiger partial charge is 0.322 e. The Kier molecular flexibility index (Phi) is 9.85. The predicted molar refractivity (Wildman–Crippen MR) is 111 cm³/mol. The third kappa shape index (κ3) is 8.43. The van der Waals surface area contributed by atoms with Gasteiger partial charge in [0.05, 0.1) is 19.0 Å². The number of nitrogens with zero attached hydrogens (tertiary/aromatic N) is 1. The zero-order chi connectivity index (χ0) is 20.9. The van der Waals surface area contributed by atoms with Crippen molar-refractivity contribution in [1.82, 2.24) is 4.98 Å². The van der Waals surface area contributed by atoms with E-state index in [1.165, 1.54) is 6.20 Å². The van der Waals surface area contributed by atoms with Gasteiger partial charge in [0.1, 0.15) is 22.4 Å². The van der Waals surface area contributed by atoms with Crippen molar-refractivity contribution in [3.63, 3.8) is 0 Å². The summed E-state index contributed by atoms with van der Waals surface area (Å²) < 4.78 is 11.4. The van der Waals surface area contributed by atoms with Gasteiger partial charge in [0.25, 0.3) is 0 Å². The van der Waals surface area contributed by atoms with E-state index in [4.69, 9.17) is 14.6 Å². The lowest BCUT2D eigenvalue weighted by Crippen LogP contribution is -2.14. The standard InChI is InChI=1S/C21H25NO6S/c23-18(24)15-29-20(21(25)26)19-17(11-8-12-22-19)28-14-7-2-1-6-13-27-16-9-4-3-5-10-16/h3-5,8-12,20H,1-2,6-7,13-15H2,(H,23,24)(H,25,26). The number of carbonyl (C=O) groups is 2. The largest absolute Gasteiger partial charge is 0.494 e. The number of aromatic nitrogens is 1. The molecule has 1 heterocycles. The van der Waals surface area contributed by atoms with Crippen LogP contribution >= 0.6 is 11.8 Å². The van der Waals surface area contributed by atoms with E-state index in [2.05, 4.69) is 4.98 Å². The first-order valence-electron chi connectivity index (χ1n) is 9.39. The first kappa shape index (κ1) is 22.5. The predicted octanol–water partition coefficient (Wildman–Crippen LogP) is 4.04. The molecule has 0 fully saturated rings. The minimum absolute atomic E-state index is 0.238. The second-order valence-electron chi connectivity index (χ2n) is 6.23. The number of aliphatic carboxylic acids is 2. The minimum atomic E-state index is -1.14. The molecule has 0 aliphatic carbocycles. The summed E-state index contributed by atoms with van der Waals surface area (Å²) in [5.74, 6) is -1.29. The van der Waals surface area contributed by atoms with E-state index in [0.717, 1.165) is 43.2 Å². The van der Waals surface area contributed by atoms with Crippen LogP contribution < -0.4 is 9.47 Å². The van der Waals surface area contributed by atoms with Gasteiger partial charge >= 0.3 is 11.9 Å². The molecule has 1 aromatic heterocycles. The average Bonchev–Trinajstić information content (AvgIpc) is 2.71. The molecule has 7 nitrogen and oxygen atoms in total. The van der Waals surface area contributed by atoms with Gasteiger partial charge in [-0.25, -0.2) is 0 Å². The summed E-state index contributed by atoms with van der Waals surface area (Å²) in [4.78, 5) is 26.4. The fraction of sp³-hybridized carbons (Fsp3) is 0.381. The highest BCUT2D eigenvalue weighted by molar-refractivity contribution is 8.00. The first-order chi connectivity index (χ1) is 14.1. The molecule has 29 heavy (non-hydrogen) atoms. The van der Waals surface area contributed by atoms with E-state index in [1.807, 2.05) is 30.3 Å². The Balaban J connectivity index is 1.72. The van der Waals surface area contributed by atoms with Crippen molar-refractivity contribution in [1.29, 1.82) is 0 Å². The number of unbranched alkanes of at least 4 members (excludes halogenated alkanes) is 3. The number of ether oxygens (including phenoxy) is 2. The number of hydrogen-bond donors (Lipinski definition) is 2. The Labute approximate surface area is 174 Å². The summed E-state index contributed by atoms with van der Waals surface area (Å²) in [5.41, 5.74) is 0.238. The zero-order valence-electron chi connectivity index (χ0n) is 16.0. The second kappa shape index (κ2) is 12.7. The molecule has 0 spiro atoms. The number of carboxylic acid groups (broad SMARTS) is 2. The molecule has 0 saturated heterocycles. The maximum absolute atomic E-state index is 11.5. The summed E-state index contributed by atoms with van der Waals surface area (Å²) in [6.07, 6.45) is 5.21. The molecular formula is C21H25NO6S. The number of rotatable bonds is 14. The lowest BCUT2D eigenvalue weighted by atomic mass is 10.2. The SMILES string of the molecule is O=C(O)CSC(C(=O)O)c1ncccc1OCCCCCCOc1ccccc1. The van der Waals surface area contributed by atoms with Gasteiger partial charge in [-0.15, -0.1) is 11.8 Å². The van der Waals surface area contributed by atoms with Crippen LogP contribution in [0.4, 0.5) is 0 Å². The lowest BCUT2D eigenvalue weighted by molar-refractivity contribution is -0.136. The molecule has 0 amide bonds. The van der Waals surface area contributed by atoms with Crippen molar-refractivity contribution in [3.05, 3.63) is 54.4 Å². The van der Waals surface area contributed by atoms with Crippen molar-refractivity contribution in [3.8, 4) is 11.5 Å². The summed E-state index contributed by atoms with van der Waals surface area (Å²) in [5, 5.41) is 17.1. The van der Waals surface area contributed by atoms with E-state index < -0.39 is 17.2 Å². The number of carboxylic acids is 2. The molecule has 0 aliphatic heterocycles. The maximum Gasteiger partial charge on any atom is 0.322 e. The zero-order valence-corrected chi connectivity index (χ0v) is 16.8. The Hall–Kier alpha value is -2.74. The average molecular weight is 419 g/mol. The maximum atomic E-state index is 11.5. The van der Waals surface area contributed by atoms with Gasteiger partial charge in [0.2, 0.25) is 0 Å². The minimum Gasteiger partial charge on any atom is -0.494 e. The number of benzene rings is 1. The number of para-hydroxylation sites is 1. The Bertz CT molecular complexity index is 771. The normalized spacial score (nSPS) is 11.6. The van der Waals surface area contributed by atoms with Gasteiger partial charge in [-0.2, -0.15) is 0 Å². The van der Waals surface area contributed by atoms with E-state index in [9.17, 15) is 14.7 Å². The highest BCUT2D eigenvalue weighted by Crippen LogP contribution is 2.33. The molecule has 8 heteroatoms. The van der Waals surface area contributed by atoms with E-state index >= 15 is 0 Å². The highest BCUT2D eigenvalue weighted by Gasteiger charge is 2.26. The summed E-state index contributed by atoms with van der Waals surface area (Å²) >= 11 is 0.800. The van der Waals surface area contributed by atoms with E-state index in [1.54, 1.807) is 12.1 Å². The topological polar surface area (TPSA) is 106 Å². The van der Waals surface area contributed by atoms with Crippen LogP contribution in [-0.4, -0.2) is 46.1 Å². The van der Waals surface area contributed by atoms with Crippen LogP contribution in [0.3, 0.4) is 0 Å². The van der Waals surface area contributed by atoms with Crippen molar-refractivity contribution in [2.45, 2.75) is 30.9 Å². The molecular weight excluding hydrogens is 394 g/mol. The monoisotopic (exact) mass is 419 g/mol. The first-order valence-corrected chi connectivity index (χ1v) is 10.4. The number of pyridine rings is 1. The van der Waals surface area contributed by atoms with Gasteiger partial charge in [0, 0.05) is 6.20 Å². The van der Waals surface area contributed by atoms with Gasteiger partial charge < -0.3 is 19.7 Å². The molecule has 2 rings (SSSR count). The van der Waals surface area contributed by atoms with Crippen LogP contribution in [-0.2, 0) is 9.59 Å². The second-order valence-corrected chi connectivity index (χ2v) is 7.33. The fourth-order valence-electron chi connectivity index (χ4n) is 2.59. The van der Waals surface area contributed by atoms with Crippen molar-refractivity contribution in [2.75, 3.05) is 19.0 Å².